The van der Waals surface area contributed by atoms with Gasteiger partial charge in [0.05, 0.1) is 0 Å². The van der Waals surface area contributed by atoms with Crippen molar-refractivity contribution in [1.29, 1.82) is 0 Å². The standard InChI is InChI=1S/C9H8N4.C3H4S2/c1-2-4-8(5-3-1)13-9-11-6-10-7-12-9;1-2-5-3-4-1/h1-7H,(H,10,11,12,13);1-2H,3H2. The highest BCUT2D eigenvalue weighted by atomic mass is 32.2. The molecular weight excluding hydrogens is 264 g/mol. The molecule has 0 radical (unpaired) electrons. The van der Waals surface area contributed by atoms with Gasteiger partial charge in [-0.3, -0.25) is 0 Å². The number of nitrogens with zero attached hydrogens (tertiary/aromatic N) is 3. The molecule has 0 unspecified atom stereocenters. The molecule has 1 aromatic carbocycles. The minimum atomic E-state index is 0.557. The SMILES string of the molecule is C1=CSCS1.c1ccc(Nc2ncncn2)cc1. The number of aromatic nitrogens is 3. The third-order valence-electron chi connectivity index (χ3n) is 1.91. The number of nitrogens with one attached hydrogen (secondary N) is 1. The Morgan fingerprint density at radius 3 is 2.17 bits per heavy atom. The first kappa shape index (κ1) is 12.9. The Balaban J connectivity index is 0.000000202. The largest absolute Gasteiger partial charge is 0.324 e. The van der Waals surface area contributed by atoms with Crippen molar-refractivity contribution >= 4 is 35.2 Å². The van der Waals surface area contributed by atoms with Crippen LogP contribution in [0.25, 0.3) is 0 Å². The number of benzene rings is 1. The summed E-state index contributed by atoms with van der Waals surface area (Å²) in [7, 11) is 0. The minimum absolute atomic E-state index is 0.557. The van der Waals surface area contributed by atoms with Crippen molar-refractivity contribution in [3.63, 3.8) is 0 Å². The Morgan fingerprint density at radius 2 is 1.61 bits per heavy atom. The fourth-order valence-electron chi connectivity index (χ4n) is 1.15. The minimum Gasteiger partial charge on any atom is -0.324 e. The molecule has 18 heavy (non-hydrogen) atoms. The third-order valence-corrected chi connectivity index (χ3v) is 3.83. The lowest BCUT2D eigenvalue weighted by molar-refractivity contribution is 1.05. The Bertz CT molecular complexity index is 432. The average Bonchev–Trinajstić information content (AvgIpc) is 3.00. The Labute approximate surface area is 114 Å². The molecule has 1 N–H and O–H groups in total. The number of para-hydroxylation sites is 1. The van der Waals surface area contributed by atoms with E-state index in [9.17, 15) is 0 Å². The van der Waals surface area contributed by atoms with Gasteiger partial charge in [-0.15, -0.1) is 23.5 Å². The summed E-state index contributed by atoms with van der Waals surface area (Å²) < 4.78 is 0. The van der Waals surface area contributed by atoms with Crippen molar-refractivity contribution in [2.75, 3.05) is 10.4 Å². The lowest BCUT2D eigenvalue weighted by Gasteiger charge is -2.01. The zero-order valence-corrected chi connectivity index (χ0v) is 11.2. The van der Waals surface area contributed by atoms with Crippen LogP contribution in [-0.4, -0.2) is 20.0 Å². The molecule has 92 valence electrons. The predicted octanol–water partition coefficient (Wildman–Crippen LogP) is 3.51. The number of hydrogen-bond donors (Lipinski definition) is 1. The molecule has 1 aromatic heterocycles. The first-order valence-corrected chi connectivity index (χ1v) is 7.37. The number of rotatable bonds is 2. The van der Waals surface area contributed by atoms with Gasteiger partial charge in [0.2, 0.25) is 5.95 Å². The van der Waals surface area contributed by atoms with Gasteiger partial charge in [-0.25, -0.2) is 15.0 Å². The fourth-order valence-corrected chi connectivity index (χ4v) is 2.72. The van der Waals surface area contributed by atoms with Gasteiger partial charge in [-0.2, -0.15) is 0 Å². The van der Waals surface area contributed by atoms with Crippen molar-refractivity contribution in [2.45, 2.75) is 0 Å². The summed E-state index contributed by atoms with van der Waals surface area (Å²) in [5, 5.41) is 8.50. The average molecular weight is 276 g/mol. The Kier molecular flexibility index (Phi) is 5.55. The predicted molar refractivity (Wildman–Crippen MR) is 78.7 cm³/mol. The van der Waals surface area contributed by atoms with E-state index in [0.717, 1.165) is 5.69 Å². The first-order chi connectivity index (χ1) is 8.95. The summed E-state index contributed by atoms with van der Waals surface area (Å²) in [4.78, 5) is 11.6. The molecule has 4 nitrogen and oxygen atoms in total. The van der Waals surface area contributed by atoms with Crippen LogP contribution in [0.4, 0.5) is 11.6 Å². The van der Waals surface area contributed by atoms with Gasteiger partial charge in [0.15, 0.2) is 0 Å². The molecule has 2 aromatic rings. The highest BCUT2D eigenvalue weighted by Crippen LogP contribution is 2.22. The second-order valence-corrected chi connectivity index (χ2v) is 5.33. The highest BCUT2D eigenvalue weighted by Gasteiger charge is 1.93. The van der Waals surface area contributed by atoms with Crippen LogP contribution in [0.2, 0.25) is 0 Å². The topological polar surface area (TPSA) is 50.7 Å². The van der Waals surface area contributed by atoms with E-state index in [1.165, 1.54) is 17.7 Å². The maximum atomic E-state index is 3.94. The first-order valence-electron chi connectivity index (χ1n) is 5.27. The van der Waals surface area contributed by atoms with Crippen LogP contribution >= 0.6 is 23.5 Å². The van der Waals surface area contributed by atoms with Gasteiger partial charge in [-0.05, 0) is 22.9 Å². The smallest absolute Gasteiger partial charge is 0.230 e. The summed E-state index contributed by atoms with van der Waals surface area (Å²) in [6, 6.07) is 9.75. The molecule has 3 rings (SSSR count). The molecule has 6 heteroatoms. The third kappa shape index (κ3) is 4.77. The van der Waals surface area contributed by atoms with Gasteiger partial charge >= 0.3 is 0 Å². The number of anilines is 2. The van der Waals surface area contributed by atoms with E-state index in [2.05, 4.69) is 31.1 Å². The van der Waals surface area contributed by atoms with Crippen molar-refractivity contribution < 1.29 is 0 Å². The number of thioether (sulfide) groups is 2. The summed E-state index contributed by atoms with van der Waals surface area (Å²) in [5.74, 6) is 0.557. The molecule has 0 spiro atoms. The van der Waals surface area contributed by atoms with Crippen LogP contribution in [0.3, 0.4) is 0 Å². The molecule has 0 saturated carbocycles. The van der Waals surface area contributed by atoms with Crippen LogP contribution in [0.5, 0.6) is 0 Å². The van der Waals surface area contributed by atoms with E-state index in [-0.39, 0.29) is 0 Å². The van der Waals surface area contributed by atoms with Gasteiger partial charge in [-0.1, -0.05) is 18.2 Å². The van der Waals surface area contributed by atoms with E-state index >= 15 is 0 Å². The molecule has 0 amide bonds. The molecule has 0 saturated heterocycles. The molecule has 1 aliphatic rings. The lowest BCUT2D eigenvalue weighted by atomic mass is 10.3. The van der Waals surface area contributed by atoms with Gasteiger partial charge in [0.25, 0.3) is 0 Å². The van der Waals surface area contributed by atoms with E-state index < -0.39 is 0 Å². The lowest BCUT2D eigenvalue weighted by Crippen LogP contribution is -1.95. The molecule has 1 aliphatic heterocycles. The van der Waals surface area contributed by atoms with Gasteiger partial charge < -0.3 is 5.32 Å². The molecule has 2 heterocycles. The maximum absolute atomic E-state index is 3.94. The molecule has 0 bridgehead atoms. The van der Waals surface area contributed by atoms with E-state index in [1.807, 2.05) is 53.9 Å². The summed E-state index contributed by atoms with van der Waals surface area (Å²) in [6.07, 6.45) is 2.91. The second kappa shape index (κ2) is 7.73. The van der Waals surface area contributed by atoms with Crippen molar-refractivity contribution in [2.24, 2.45) is 0 Å². The second-order valence-electron chi connectivity index (χ2n) is 3.18. The Morgan fingerprint density at radius 1 is 0.944 bits per heavy atom. The number of hydrogen-bond acceptors (Lipinski definition) is 6. The monoisotopic (exact) mass is 276 g/mol. The molecule has 0 aliphatic carbocycles. The zero-order valence-electron chi connectivity index (χ0n) is 9.56. The van der Waals surface area contributed by atoms with E-state index in [1.54, 1.807) is 0 Å². The van der Waals surface area contributed by atoms with E-state index in [0.29, 0.717) is 5.95 Å². The molecule has 0 fully saturated rings. The van der Waals surface area contributed by atoms with Gasteiger partial charge in [0, 0.05) is 10.8 Å². The van der Waals surface area contributed by atoms with Crippen molar-refractivity contribution in [3.05, 3.63) is 53.8 Å². The summed E-state index contributed by atoms with van der Waals surface area (Å²) in [6.45, 7) is 0. The summed E-state index contributed by atoms with van der Waals surface area (Å²) in [5.41, 5.74) is 0.966. The van der Waals surface area contributed by atoms with Crippen LogP contribution in [0.15, 0.2) is 53.8 Å². The van der Waals surface area contributed by atoms with Gasteiger partial charge in [0.1, 0.15) is 12.7 Å². The fraction of sp³-hybridized carbons (Fsp3) is 0.0833. The van der Waals surface area contributed by atoms with Crippen LogP contribution in [0, 0.1) is 0 Å². The zero-order chi connectivity index (χ0) is 12.5. The van der Waals surface area contributed by atoms with Crippen LogP contribution < -0.4 is 5.32 Å². The highest BCUT2D eigenvalue weighted by molar-refractivity contribution is 8.21. The van der Waals surface area contributed by atoms with Crippen LogP contribution in [-0.2, 0) is 0 Å². The Hall–Kier alpha value is -1.53. The molecule has 0 atom stereocenters. The van der Waals surface area contributed by atoms with Crippen molar-refractivity contribution in [3.8, 4) is 0 Å². The molecular formula is C12H12N4S2. The quantitative estimate of drug-likeness (QED) is 0.906. The van der Waals surface area contributed by atoms with Crippen LogP contribution in [0.1, 0.15) is 0 Å². The maximum Gasteiger partial charge on any atom is 0.230 e. The van der Waals surface area contributed by atoms with E-state index in [4.69, 9.17) is 0 Å². The van der Waals surface area contributed by atoms with Crippen molar-refractivity contribution in [1.82, 2.24) is 15.0 Å². The normalized spacial score (nSPS) is 12.7. The summed E-state index contributed by atoms with van der Waals surface area (Å²) >= 11 is 3.71.